The van der Waals surface area contributed by atoms with Crippen LogP contribution in [0.1, 0.15) is 42.9 Å². The molecule has 0 bridgehead atoms. The molecule has 0 saturated carbocycles. The van der Waals surface area contributed by atoms with Crippen molar-refractivity contribution >= 4 is 16.8 Å². The van der Waals surface area contributed by atoms with Crippen molar-refractivity contribution in [2.75, 3.05) is 38.1 Å². The van der Waals surface area contributed by atoms with E-state index in [1.807, 2.05) is 12.1 Å². The molecule has 0 spiro atoms. The molecule has 1 heterocycles. The summed E-state index contributed by atoms with van der Waals surface area (Å²) in [6.07, 6.45) is 3.32. The summed E-state index contributed by atoms with van der Waals surface area (Å²) < 4.78 is 0. The van der Waals surface area contributed by atoms with Crippen molar-refractivity contribution in [3.05, 3.63) is 95.6 Å². The SMILES string of the molecule is CCCC/C(=C(\c1ccc(O)cc1)c1ccc(N2CCN(C)CC2)cc1)c1ccccc1. The van der Waals surface area contributed by atoms with Crippen LogP contribution < -0.4 is 4.90 Å². The monoisotopic (exact) mass is 426 g/mol. The second-order valence-electron chi connectivity index (χ2n) is 8.71. The van der Waals surface area contributed by atoms with Gasteiger partial charge < -0.3 is 14.9 Å². The fraction of sp³-hybridized carbons (Fsp3) is 0.310. The first kappa shape index (κ1) is 22.2. The number of unbranched alkanes of at least 4 members (excludes halogenated alkanes) is 1. The topological polar surface area (TPSA) is 26.7 Å². The Morgan fingerprint density at radius 1 is 0.750 bits per heavy atom. The molecule has 0 atom stereocenters. The fourth-order valence-electron chi connectivity index (χ4n) is 4.45. The van der Waals surface area contributed by atoms with Crippen molar-refractivity contribution in [2.24, 2.45) is 0 Å². The lowest BCUT2D eigenvalue weighted by Crippen LogP contribution is -2.44. The van der Waals surface area contributed by atoms with Crippen LogP contribution in [-0.4, -0.2) is 43.2 Å². The number of phenolic OH excluding ortho intramolecular Hbond substituents is 1. The van der Waals surface area contributed by atoms with E-state index >= 15 is 0 Å². The maximum absolute atomic E-state index is 9.88. The van der Waals surface area contributed by atoms with Crippen molar-refractivity contribution in [1.82, 2.24) is 4.90 Å². The average Bonchev–Trinajstić information content (AvgIpc) is 2.84. The quantitative estimate of drug-likeness (QED) is 0.450. The number of anilines is 1. The van der Waals surface area contributed by atoms with Gasteiger partial charge in [0.2, 0.25) is 0 Å². The lowest BCUT2D eigenvalue weighted by molar-refractivity contribution is 0.313. The molecule has 166 valence electrons. The molecular formula is C29H34N2O. The number of piperazine rings is 1. The Balaban J connectivity index is 1.78. The molecule has 4 rings (SSSR count). The highest BCUT2D eigenvalue weighted by Gasteiger charge is 2.17. The van der Waals surface area contributed by atoms with Gasteiger partial charge in [-0.2, -0.15) is 0 Å². The number of rotatable bonds is 7. The van der Waals surface area contributed by atoms with Crippen LogP contribution in [0.2, 0.25) is 0 Å². The molecule has 3 aromatic rings. The van der Waals surface area contributed by atoms with E-state index in [9.17, 15) is 5.11 Å². The van der Waals surface area contributed by atoms with Gasteiger partial charge in [0.15, 0.2) is 0 Å². The third kappa shape index (κ3) is 5.23. The molecule has 0 aromatic heterocycles. The van der Waals surface area contributed by atoms with Gasteiger partial charge in [-0.3, -0.25) is 0 Å². The van der Waals surface area contributed by atoms with Crippen molar-refractivity contribution < 1.29 is 5.11 Å². The van der Waals surface area contributed by atoms with Gasteiger partial charge in [0.05, 0.1) is 0 Å². The predicted octanol–water partition coefficient (Wildman–Crippen LogP) is 6.29. The number of phenols is 1. The molecule has 3 heteroatoms. The van der Waals surface area contributed by atoms with E-state index in [1.165, 1.54) is 28.0 Å². The number of nitrogens with zero attached hydrogens (tertiary/aromatic N) is 2. The Hall–Kier alpha value is -3.04. The van der Waals surface area contributed by atoms with Gasteiger partial charge in [-0.15, -0.1) is 0 Å². The number of aromatic hydroxyl groups is 1. The molecule has 1 aliphatic heterocycles. The zero-order chi connectivity index (χ0) is 22.3. The number of hydrogen-bond acceptors (Lipinski definition) is 3. The summed E-state index contributed by atoms with van der Waals surface area (Å²) in [5.41, 5.74) is 7.56. The zero-order valence-electron chi connectivity index (χ0n) is 19.3. The summed E-state index contributed by atoms with van der Waals surface area (Å²) in [4.78, 5) is 4.86. The maximum atomic E-state index is 9.88. The molecule has 0 aliphatic carbocycles. The highest BCUT2D eigenvalue weighted by Crippen LogP contribution is 2.36. The third-order valence-corrected chi connectivity index (χ3v) is 6.38. The number of benzene rings is 3. The van der Waals surface area contributed by atoms with Crippen LogP contribution in [0.25, 0.3) is 11.1 Å². The Morgan fingerprint density at radius 2 is 1.34 bits per heavy atom. The molecule has 3 nitrogen and oxygen atoms in total. The van der Waals surface area contributed by atoms with Crippen molar-refractivity contribution in [1.29, 1.82) is 0 Å². The van der Waals surface area contributed by atoms with Gasteiger partial charge in [0, 0.05) is 31.9 Å². The van der Waals surface area contributed by atoms with Crippen LogP contribution in [0.4, 0.5) is 5.69 Å². The predicted molar refractivity (Wildman–Crippen MR) is 136 cm³/mol. The first-order chi connectivity index (χ1) is 15.7. The normalized spacial score (nSPS) is 15.5. The second kappa shape index (κ2) is 10.5. The van der Waals surface area contributed by atoms with Gasteiger partial charge in [-0.25, -0.2) is 0 Å². The summed E-state index contributed by atoms with van der Waals surface area (Å²) in [7, 11) is 2.19. The van der Waals surface area contributed by atoms with E-state index in [4.69, 9.17) is 0 Å². The molecule has 0 amide bonds. The molecule has 1 N–H and O–H groups in total. The average molecular weight is 427 g/mol. The lowest BCUT2D eigenvalue weighted by Gasteiger charge is -2.34. The van der Waals surface area contributed by atoms with E-state index in [2.05, 4.69) is 78.4 Å². The largest absolute Gasteiger partial charge is 0.508 e. The van der Waals surface area contributed by atoms with Gasteiger partial charge >= 0.3 is 0 Å². The van der Waals surface area contributed by atoms with Crippen LogP contribution in [0.3, 0.4) is 0 Å². The first-order valence-electron chi connectivity index (χ1n) is 11.8. The first-order valence-corrected chi connectivity index (χ1v) is 11.8. The summed E-state index contributed by atoms with van der Waals surface area (Å²) in [6, 6.07) is 27.5. The Kier molecular flexibility index (Phi) is 7.28. The van der Waals surface area contributed by atoms with Crippen molar-refractivity contribution in [3.63, 3.8) is 0 Å². The zero-order valence-corrected chi connectivity index (χ0v) is 19.3. The van der Waals surface area contributed by atoms with E-state index in [-0.39, 0.29) is 0 Å². The minimum atomic E-state index is 0.299. The third-order valence-electron chi connectivity index (χ3n) is 6.38. The van der Waals surface area contributed by atoms with Crippen molar-refractivity contribution in [3.8, 4) is 5.75 Å². The van der Waals surface area contributed by atoms with E-state index in [1.54, 1.807) is 12.1 Å². The molecular weight excluding hydrogens is 392 g/mol. The Morgan fingerprint density at radius 3 is 1.94 bits per heavy atom. The molecule has 0 radical (unpaired) electrons. The van der Waals surface area contributed by atoms with Gasteiger partial charge in [0.1, 0.15) is 5.75 Å². The minimum Gasteiger partial charge on any atom is -0.508 e. The van der Waals surface area contributed by atoms with Gasteiger partial charge in [-0.1, -0.05) is 67.9 Å². The van der Waals surface area contributed by atoms with E-state index in [0.717, 1.165) is 51.0 Å². The highest BCUT2D eigenvalue weighted by molar-refractivity contribution is 5.98. The molecule has 1 saturated heterocycles. The number of likely N-dealkylation sites (N-methyl/N-ethyl adjacent to an activating group) is 1. The smallest absolute Gasteiger partial charge is 0.115 e. The maximum Gasteiger partial charge on any atom is 0.115 e. The summed E-state index contributed by atoms with van der Waals surface area (Å²) in [5.74, 6) is 0.299. The molecule has 1 fully saturated rings. The van der Waals surface area contributed by atoms with Crippen LogP contribution >= 0.6 is 0 Å². The molecule has 0 unspecified atom stereocenters. The minimum absolute atomic E-state index is 0.299. The van der Waals surface area contributed by atoms with Crippen molar-refractivity contribution in [2.45, 2.75) is 26.2 Å². The Bertz CT molecular complexity index is 1020. The second-order valence-corrected chi connectivity index (χ2v) is 8.71. The molecule has 3 aromatic carbocycles. The summed E-state index contributed by atoms with van der Waals surface area (Å²) in [6.45, 7) is 6.60. The summed E-state index contributed by atoms with van der Waals surface area (Å²) in [5, 5.41) is 9.88. The van der Waals surface area contributed by atoms with Crippen LogP contribution in [0.5, 0.6) is 5.75 Å². The standard InChI is InChI=1S/C29H34N2O/c1-3-4-10-28(23-8-6-5-7-9-23)29(25-13-17-27(32)18-14-25)24-11-15-26(16-12-24)31-21-19-30(2)20-22-31/h5-9,11-18,32H,3-4,10,19-22H2,1-2H3/b29-28+. The number of hydrogen-bond donors (Lipinski definition) is 1. The Labute approximate surface area is 192 Å². The fourth-order valence-corrected chi connectivity index (χ4v) is 4.45. The molecule has 1 aliphatic rings. The van der Waals surface area contributed by atoms with Gasteiger partial charge in [0.25, 0.3) is 0 Å². The number of allylic oxidation sites excluding steroid dienone is 1. The van der Waals surface area contributed by atoms with Crippen LogP contribution in [-0.2, 0) is 0 Å². The van der Waals surface area contributed by atoms with Crippen LogP contribution in [0.15, 0.2) is 78.9 Å². The van der Waals surface area contributed by atoms with E-state index in [0.29, 0.717) is 5.75 Å². The lowest BCUT2D eigenvalue weighted by atomic mass is 9.87. The summed E-state index contributed by atoms with van der Waals surface area (Å²) >= 11 is 0. The van der Waals surface area contributed by atoms with Crippen LogP contribution in [0, 0.1) is 0 Å². The van der Waals surface area contributed by atoms with E-state index < -0.39 is 0 Å². The highest BCUT2D eigenvalue weighted by atomic mass is 16.3. The van der Waals surface area contributed by atoms with Gasteiger partial charge in [-0.05, 0) is 72.0 Å². The molecule has 32 heavy (non-hydrogen) atoms.